The van der Waals surface area contributed by atoms with Gasteiger partial charge in [0.15, 0.2) is 0 Å². The molecule has 1 aromatic rings. The van der Waals surface area contributed by atoms with E-state index in [1.165, 1.54) is 7.11 Å². The average molecular weight is 299 g/mol. The minimum absolute atomic E-state index is 0.0851. The Balaban J connectivity index is 2.55. The third kappa shape index (κ3) is 5.71. The van der Waals surface area contributed by atoms with Crippen LogP contribution in [0.1, 0.15) is 36.9 Å². The fourth-order valence-electron chi connectivity index (χ4n) is 1.84. The summed E-state index contributed by atoms with van der Waals surface area (Å²) in [6, 6.07) is 7.39. The Morgan fingerprint density at radius 1 is 1.40 bits per heavy atom. The van der Waals surface area contributed by atoms with Crippen molar-refractivity contribution >= 4 is 16.0 Å². The third-order valence-electron chi connectivity index (χ3n) is 2.92. The largest absolute Gasteiger partial charge is 0.469 e. The molecule has 0 fully saturated rings. The Morgan fingerprint density at radius 2 is 2.10 bits per heavy atom. The molecule has 1 rings (SSSR count). The predicted octanol–water partition coefficient (Wildman–Crippen LogP) is 1.93. The molecule has 0 amide bonds. The molecule has 6 heteroatoms. The van der Waals surface area contributed by atoms with Crippen LogP contribution in [0, 0.1) is 6.92 Å². The summed E-state index contributed by atoms with van der Waals surface area (Å²) < 4.78 is 30.9. The number of hydrogen-bond donors (Lipinski definition) is 1. The molecule has 0 bridgehead atoms. The van der Waals surface area contributed by atoms with Crippen molar-refractivity contribution in [2.45, 2.75) is 32.7 Å². The number of aryl methyl sites for hydroxylation is 1. The van der Waals surface area contributed by atoms with Crippen molar-refractivity contribution in [3.63, 3.8) is 0 Å². The summed E-state index contributed by atoms with van der Waals surface area (Å²) in [5.41, 5.74) is 2.00. The zero-order valence-electron chi connectivity index (χ0n) is 12.0. The average Bonchev–Trinajstić information content (AvgIpc) is 2.37. The SMILES string of the molecule is COC(=O)CCCS(=O)(=O)N[C@H](C)c1cccc(C)c1. The van der Waals surface area contributed by atoms with Gasteiger partial charge in [-0.3, -0.25) is 4.79 Å². The number of carbonyl (C=O) groups excluding carboxylic acids is 1. The second-order valence-electron chi connectivity index (χ2n) is 4.75. The van der Waals surface area contributed by atoms with Crippen molar-refractivity contribution in [1.82, 2.24) is 4.72 Å². The van der Waals surface area contributed by atoms with Crippen LogP contribution in [-0.2, 0) is 19.6 Å². The van der Waals surface area contributed by atoms with Gasteiger partial charge in [-0.05, 0) is 25.8 Å². The Hall–Kier alpha value is -1.40. The van der Waals surface area contributed by atoms with Gasteiger partial charge < -0.3 is 4.74 Å². The van der Waals surface area contributed by atoms with Crippen LogP contribution in [0.2, 0.25) is 0 Å². The summed E-state index contributed by atoms with van der Waals surface area (Å²) in [5.74, 6) is -0.481. The standard InChI is InChI=1S/C14H21NO4S/c1-11-6-4-7-13(10-11)12(2)15-20(17,18)9-5-8-14(16)19-3/h4,6-7,10,12,15H,5,8-9H2,1-3H3/t12-/m1/s1. The van der Waals surface area contributed by atoms with E-state index in [0.717, 1.165) is 11.1 Å². The highest BCUT2D eigenvalue weighted by atomic mass is 32.2. The van der Waals surface area contributed by atoms with Gasteiger partial charge in [0.25, 0.3) is 0 Å². The summed E-state index contributed by atoms with van der Waals surface area (Å²) in [6.07, 6.45) is 0.360. The van der Waals surface area contributed by atoms with Crippen LogP contribution in [0.4, 0.5) is 0 Å². The van der Waals surface area contributed by atoms with Gasteiger partial charge in [-0.2, -0.15) is 0 Å². The van der Waals surface area contributed by atoms with E-state index in [-0.39, 0.29) is 24.6 Å². The zero-order valence-corrected chi connectivity index (χ0v) is 12.9. The Bertz CT molecular complexity index is 554. The van der Waals surface area contributed by atoms with Gasteiger partial charge >= 0.3 is 5.97 Å². The lowest BCUT2D eigenvalue weighted by Crippen LogP contribution is -2.29. The van der Waals surface area contributed by atoms with Crippen LogP contribution < -0.4 is 4.72 Å². The number of methoxy groups -OCH3 is 1. The maximum absolute atomic E-state index is 11.9. The lowest BCUT2D eigenvalue weighted by molar-refractivity contribution is -0.140. The van der Waals surface area contributed by atoms with Gasteiger partial charge in [0, 0.05) is 12.5 Å². The van der Waals surface area contributed by atoms with Gasteiger partial charge in [0.2, 0.25) is 10.0 Å². The first kappa shape index (κ1) is 16.7. The molecule has 112 valence electrons. The summed E-state index contributed by atoms with van der Waals surface area (Å²) in [6.45, 7) is 3.76. The van der Waals surface area contributed by atoms with E-state index in [0.29, 0.717) is 0 Å². The molecule has 0 unspecified atom stereocenters. The van der Waals surface area contributed by atoms with Crippen LogP contribution in [-0.4, -0.2) is 27.2 Å². The van der Waals surface area contributed by atoms with E-state index in [4.69, 9.17) is 0 Å². The fourth-order valence-corrected chi connectivity index (χ4v) is 3.16. The Kier molecular flexibility index (Phi) is 6.16. The second kappa shape index (κ2) is 7.40. The van der Waals surface area contributed by atoms with Crippen molar-refractivity contribution in [3.05, 3.63) is 35.4 Å². The van der Waals surface area contributed by atoms with Crippen molar-refractivity contribution in [2.75, 3.05) is 12.9 Å². The third-order valence-corrected chi connectivity index (χ3v) is 4.46. The van der Waals surface area contributed by atoms with Gasteiger partial charge in [0.1, 0.15) is 0 Å². The molecule has 0 saturated heterocycles. The summed E-state index contributed by atoms with van der Waals surface area (Å²) >= 11 is 0. The van der Waals surface area contributed by atoms with E-state index < -0.39 is 16.0 Å². The summed E-state index contributed by atoms with van der Waals surface area (Å²) in [4.78, 5) is 10.9. The lowest BCUT2D eigenvalue weighted by atomic mass is 10.1. The summed E-state index contributed by atoms with van der Waals surface area (Å²) in [7, 11) is -2.12. The Labute approximate surface area is 120 Å². The maximum atomic E-state index is 11.9. The van der Waals surface area contributed by atoms with E-state index in [2.05, 4.69) is 9.46 Å². The van der Waals surface area contributed by atoms with Crippen LogP contribution in [0.3, 0.4) is 0 Å². The number of esters is 1. The molecule has 0 saturated carbocycles. The minimum Gasteiger partial charge on any atom is -0.469 e. The van der Waals surface area contributed by atoms with Gasteiger partial charge in [-0.25, -0.2) is 13.1 Å². The molecule has 0 aromatic heterocycles. The van der Waals surface area contributed by atoms with Crippen molar-refractivity contribution in [1.29, 1.82) is 0 Å². The smallest absolute Gasteiger partial charge is 0.305 e. The number of sulfonamides is 1. The topological polar surface area (TPSA) is 72.5 Å². The van der Waals surface area contributed by atoms with Gasteiger partial charge in [-0.1, -0.05) is 29.8 Å². The van der Waals surface area contributed by atoms with E-state index in [9.17, 15) is 13.2 Å². The maximum Gasteiger partial charge on any atom is 0.305 e. The number of hydrogen-bond acceptors (Lipinski definition) is 4. The number of nitrogens with one attached hydrogen (secondary N) is 1. The van der Waals surface area contributed by atoms with Crippen molar-refractivity contribution in [2.24, 2.45) is 0 Å². The number of ether oxygens (including phenoxy) is 1. The zero-order chi connectivity index (χ0) is 15.2. The van der Waals surface area contributed by atoms with E-state index in [1.807, 2.05) is 31.2 Å². The van der Waals surface area contributed by atoms with E-state index in [1.54, 1.807) is 6.92 Å². The van der Waals surface area contributed by atoms with Crippen LogP contribution in [0.25, 0.3) is 0 Å². The van der Waals surface area contributed by atoms with Crippen LogP contribution >= 0.6 is 0 Å². The highest BCUT2D eigenvalue weighted by molar-refractivity contribution is 7.89. The molecular formula is C14H21NO4S. The molecule has 0 heterocycles. The molecule has 0 radical (unpaired) electrons. The molecule has 20 heavy (non-hydrogen) atoms. The molecular weight excluding hydrogens is 278 g/mol. The lowest BCUT2D eigenvalue weighted by Gasteiger charge is -2.15. The first-order chi connectivity index (χ1) is 9.34. The summed E-state index contributed by atoms with van der Waals surface area (Å²) in [5, 5.41) is 0. The highest BCUT2D eigenvalue weighted by Crippen LogP contribution is 2.15. The van der Waals surface area contributed by atoms with Crippen molar-refractivity contribution < 1.29 is 17.9 Å². The van der Waals surface area contributed by atoms with Crippen molar-refractivity contribution in [3.8, 4) is 0 Å². The van der Waals surface area contributed by atoms with Crippen LogP contribution in [0.15, 0.2) is 24.3 Å². The quantitative estimate of drug-likeness (QED) is 0.781. The molecule has 0 aliphatic carbocycles. The second-order valence-corrected chi connectivity index (χ2v) is 6.63. The number of benzene rings is 1. The first-order valence-corrected chi connectivity index (χ1v) is 8.12. The highest BCUT2D eigenvalue weighted by Gasteiger charge is 2.16. The van der Waals surface area contributed by atoms with Gasteiger partial charge in [-0.15, -0.1) is 0 Å². The molecule has 1 atom stereocenters. The molecule has 1 N–H and O–H groups in total. The molecule has 5 nitrogen and oxygen atoms in total. The fraction of sp³-hybridized carbons (Fsp3) is 0.500. The molecule has 0 aliphatic heterocycles. The normalized spacial score (nSPS) is 12.9. The minimum atomic E-state index is -3.40. The predicted molar refractivity (Wildman–Crippen MR) is 77.8 cm³/mol. The number of carbonyl (C=O) groups is 1. The Morgan fingerprint density at radius 3 is 2.70 bits per heavy atom. The monoisotopic (exact) mass is 299 g/mol. The van der Waals surface area contributed by atoms with E-state index >= 15 is 0 Å². The molecule has 1 aromatic carbocycles. The number of rotatable bonds is 7. The molecule has 0 spiro atoms. The van der Waals surface area contributed by atoms with Gasteiger partial charge in [0.05, 0.1) is 12.9 Å². The van der Waals surface area contributed by atoms with Crippen LogP contribution in [0.5, 0.6) is 0 Å². The molecule has 0 aliphatic rings. The first-order valence-electron chi connectivity index (χ1n) is 6.47.